The zero-order valence-electron chi connectivity index (χ0n) is 13.5. The fourth-order valence-corrected chi connectivity index (χ4v) is 2.61. The van der Waals surface area contributed by atoms with Gasteiger partial charge in [0.15, 0.2) is 0 Å². The Morgan fingerprint density at radius 2 is 1.64 bits per heavy atom. The first-order chi connectivity index (χ1) is 10.4. The Hall–Kier alpha value is -2.16. The van der Waals surface area contributed by atoms with Gasteiger partial charge in [-0.05, 0) is 67.6 Å². The molecule has 0 heterocycles. The van der Waals surface area contributed by atoms with Crippen LogP contribution >= 0.6 is 0 Å². The second kappa shape index (κ2) is 6.73. The number of nitrogens with one attached hydrogen (secondary N) is 1. The van der Waals surface area contributed by atoms with Gasteiger partial charge in [-0.25, -0.2) is 4.39 Å². The lowest BCUT2D eigenvalue weighted by Gasteiger charge is -2.18. The molecule has 1 N–H and O–H groups in total. The van der Waals surface area contributed by atoms with Crippen molar-refractivity contribution in [3.8, 4) is 0 Å². The average molecular weight is 299 g/mol. The Balaban J connectivity index is 2.05. The Kier molecular flexibility index (Phi) is 4.96. The minimum Gasteiger partial charge on any atom is -0.349 e. The highest BCUT2D eigenvalue weighted by Crippen LogP contribution is 2.21. The number of benzene rings is 2. The molecule has 0 spiro atoms. The first kappa shape index (κ1) is 16.2. The van der Waals surface area contributed by atoms with E-state index in [1.54, 1.807) is 12.1 Å². The molecule has 3 heteroatoms. The summed E-state index contributed by atoms with van der Waals surface area (Å²) in [5.41, 5.74) is 5.60. The summed E-state index contributed by atoms with van der Waals surface area (Å²) in [7, 11) is 0. The van der Waals surface area contributed by atoms with Crippen LogP contribution < -0.4 is 5.32 Å². The lowest BCUT2D eigenvalue weighted by atomic mass is 9.96. The number of hydrogen-bond donors (Lipinski definition) is 1. The molecule has 0 aliphatic rings. The minimum atomic E-state index is -0.289. The normalized spacial score (nSPS) is 12.0. The number of hydrogen-bond acceptors (Lipinski definition) is 1. The van der Waals surface area contributed by atoms with Crippen LogP contribution in [0.15, 0.2) is 36.4 Å². The molecule has 2 aromatic rings. The fraction of sp³-hybridized carbons (Fsp3) is 0.316. The van der Waals surface area contributed by atoms with Gasteiger partial charge in [-0.15, -0.1) is 0 Å². The predicted octanol–water partition coefficient (Wildman–Crippen LogP) is 4.17. The molecule has 2 aromatic carbocycles. The van der Waals surface area contributed by atoms with Crippen LogP contribution in [0.5, 0.6) is 0 Å². The number of amides is 1. The summed E-state index contributed by atoms with van der Waals surface area (Å²) in [6.07, 6.45) is 0.258. The van der Waals surface area contributed by atoms with Crippen molar-refractivity contribution < 1.29 is 9.18 Å². The van der Waals surface area contributed by atoms with E-state index >= 15 is 0 Å². The monoisotopic (exact) mass is 299 g/mol. The maximum atomic E-state index is 12.9. The van der Waals surface area contributed by atoms with E-state index in [0.717, 1.165) is 11.1 Å². The molecule has 1 unspecified atom stereocenters. The smallest absolute Gasteiger partial charge is 0.224 e. The SMILES string of the molecule is Cc1cc(C)c(C(C)NC(=O)Cc2ccc(F)cc2)cc1C. The summed E-state index contributed by atoms with van der Waals surface area (Å²) >= 11 is 0. The third-order valence-electron chi connectivity index (χ3n) is 4.00. The van der Waals surface area contributed by atoms with E-state index in [1.165, 1.54) is 28.8 Å². The summed E-state index contributed by atoms with van der Waals surface area (Å²) in [5, 5.41) is 3.01. The van der Waals surface area contributed by atoms with Crippen molar-refractivity contribution in [2.75, 3.05) is 0 Å². The summed E-state index contributed by atoms with van der Waals surface area (Å²) in [4.78, 5) is 12.1. The molecular formula is C19H22FNO. The van der Waals surface area contributed by atoms with Crippen molar-refractivity contribution >= 4 is 5.91 Å². The number of carbonyl (C=O) groups excluding carboxylic acids is 1. The second-order valence-electron chi connectivity index (χ2n) is 5.89. The molecule has 0 aliphatic heterocycles. The van der Waals surface area contributed by atoms with Gasteiger partial charge >= 0.3 is 0 Å². The van der Waals surface area contributed by atoms with E-state index in [-0.39, 0.29) is 24.2 Å². The van der Waals surface area contributed by atoms with E-state index in [1.807, 2.05) is 6.92 Å². The maximum Gasteiger partial charge on any atom is 0.224 e. The van der Waals surface area contributed by atoms with Gasteiger partial charge in [-0.1, -0.05) is 24.3 Å². The van der Waals surface area contributed by atoms with Crippen molar-refractivity contribution in [3.05, 3.63) is 70.0 Å². The molecule has 1 amide bonds. The van der Waals surface area contributed by atoms with Crippen LogP contribution in [0.1, 0.15) is 40.8 Å². The molecule has 0 bridgehead atoms. The van der Waals surface area contributed by atoms with Gasteiger partial charge in [0, 0.05) is 0 Å². The van der Waals surface area contributed by atoms with Crippen molar-refractivity contribution in [3.63, 3.8) is 0 Å². The number of carbonyl (C=O) groups is 1. The lowest BCUT2D eigenvalue weighted by molar-refractivity contribution is -0.121. The molecule has 2 nitrogen and oxygen atoms in total. The number of rotatable bonds is 4. The van der Waals surface area contributed by atoms with Gasteiger partial charge in [-0.3, -0.25) is 4.79 Å². The largest absolute Gasteiger partial charge is 0.349 e. The first-order valence-electron chi connectivity index (χ1n) is 7.48. The molecule has 0 radical (unpaired) electrons. The van der Waals surface area contributed by atoms with Crippen LogP contribution in [0.4, 0.5) is 4.39 Å². The van der Waals surface area contributed by atoms with Crippen molar-refractivity contribution in [1.29, 1.82) is 0 Å². The zero-order valence-corrected chi connectivity index (χ0v) is 13.5. The van der Waals surface area contributed by atoms with Crippen molar-refractivity contribution in [1.82, 2.24) is 5.32 Å². The van der Waals surface area contributed by atoms with E-state index < -0.39 is 0 Å². The topological polar surface area (TPSA) is 29.1 Å². The third-order valence-corrected chi connectivity index (χ3v) is 4.00. The molecule has 0 aliphatic carbocycles. The molecule has 0 fully saturated rings. The van der Waals surface area contributed by atoms with Gasteiger partial charge in [-0.2, -0.15) is 0 Å². The molecule has 116 valence electrons. The molecule has 0 saturated carbocycles. The van der Waals surface area contributed by atoms with Crippen LogP contribution in [0.2, 0.25) is 0 Å². The maximum absolute atomic E-state index is 12.9. The molecule has 0 aromatic heterocycles. The van der Waals surface area contributed by atoms with Crippen LogP contribution in [0.3, 0.4) is 0 Å². The molecular weight excluding hydrogens is 277 g/mol. The Labute approximate surface area is 131 Å². The van der Waals surface area contributed by atoms with Crippen LogP contribution in [0.25, 0.3) is 0 Å². The van der Waals surface area contributed by atoms with E-state index in [2.05, 4.69) is 38.2 Å². The number of halogens is 1. The van der Waals surface area contributed by atoms with Crippen LogP contribution in [0, 0.1) is 26.6 Å². The van der Waals surface area contributed by atoms with Gasteiger partial charge in [0.2, 0.25) is 5.91 Å². The van der Waals surface area contributed by atoms with E-state index in [0.29, 0.717) is 0 Å². The fourth-order valence-electron chi connectivity index (χ4n) is 2.61. The summed E-state index contributed by atoms with van der Waals surface area (Å²) in [6.45, 7) is 8.21. The quantitative estimate of drug-likeness (QED) is 0.902. The Morgan fingerprint density at radius 1 is 1.05 bits per heavy atom. The summed E-state index contributed by atoms with van der Waals surface area (Å²) < 4.78 is 12.9. The highest BCUT2D eigenvalue weighted by atomic mass is 19.1. The molecule has 0 saturated heterocycles. The van der Waals surface area contributed by atoms with Gasteiger partial charge in [0.05, 0.1) is 12.5 Å². The molecule has 1 atom stereocenters. The van der Waals surface area contributed by atoms with Crippen molar-refractivity contribution in [2.45, 2.75) is 40.2 Å². The predicted molar refractivity (Wildman–Crippen MR) is 87.3 cm³/mol. The zero-order chi connectivity index (χ0) is 16.3. The Bertz CT molecular complexity index is 677. The second-order valence-corrected chi connectivity index (χ2v) is 5.89. The van der Waals surface area contributed by atoms with Crippen molar-refractivity contribution in [2.24, 2.45) is 0 Å². The van der Waals surface area contributed by atoms with Crippen LogP contribution in [-0.2, 0) is 11.2 Å². The standard InChI is InChI=1S/C19H22FNO/c1-12-9-14(3)18(10-13(12)2)15(4)21-19(22)11-16-5-7-17(20)8-6-16/h5-10,15H,11H2,1-4H3,(H,21,22). The van der Waals surface area contributed by atoms with Gasteiger partial charge in [0.25, 0.3) is 0 Å². The molecule has 22 heavy (non-hydrogen) atoms. The summed E-state index contributed by atoms with van der Waals surface area (Å²) in [5.74, 6) is -0.347. The third kappa shape index (κ3) is 3.94. The van der Waals surface area contributed by atoms with Gasteiger partial charge in [0.1, 0.15) is 5.82 Å². The average Bonchev–Trinajstić information content (AvgIpc) is 2.45. The Morgan fingerprint density at radius 3 is 2.27 bits per heavy atom. The van der Waals surface area contributed by atoms with Gasteiger partial charge < -0.3 is 5.32 Å². The van der Waals surface area contributed by atoms with E-state index in [9.17, 15) is 9.18 Å². The summed E-state index contributed by atoms with van der Waals surface area (Å²) in [6, 6.07) is 10.3. The first-order valence-corrected chi connectivity index (χ1v) is 7.48. The van der Waals surface area contributed by atoms with E-state index in [4.69, 9.17) is 0 Å². The minimum absolute atomic E-state index is 0.0488. The van der Waals surface area contributed by atoms with Crippen LogP contribution in [-0.4, -0.2) is 5.91 Å². The highest BCUT2D eigenvalue weighted by Gasteiger charge is 2.13. The highest BCUT2D eigenvalue weighted by molar-refractivity contribution is 5.79. The molecule has 2 rings (SSSR count). The number of aryl methyl sites for hydroxylation is 3. The lowest BCUT2D eigenvalue weighted by Crippen LogP contribution is -2.28.